The first kappa shape index (κ1) is 20.2. The van der Waals surface area contributed by atoms with E-state index in [9.17, 15) is 30.0 Å². The Bertz CT molecular complexity index is 798. The van der Waals surface area contributed by atoms with Crippen molar-refractivity contribution in [2.45, 2.75) is 19.5 Å². The lowest BCUT2D eigenvalue weighted by atomic mass is 10.1. The van der Waals surface area contributed by atoms with Crippen molar-refractivity contribution in [1.29, 1.82) is 0 Å². The van der Waals surface area contributed by atoms with Gasteiger partial charge in [-0.2, -0.15) is 30.0 Å². The van der Waals surface area contributed by atoms with Crippen molar-refractivity contribution in [3.8, 4) is 5.75 Å². The minimum atomic E-state index is -4.99. The van der Waals surface area contributed by atoms with Crippen LogP contribution < -0.4 is 4.18 Å². The quantitative estimate of drug-likeness (QED) is 0.402. The van der Waals surface area contributed by atoms with Crippen LogP contribution >= 0.6 is 0 Å². The Morgan fingerprint density at radius 3 is 2.08 bits per heavy atom. The summed E-state index contributed by atoms with van der Waals surface area (Å²) in [5.74, 6) is -0.690. The van der Waals surface area contributed by atoms with Crippen LogP contribution in [0.15, 0.2) is 29.4 Å². The van der Waals surface area contributed by atoms with Gasteiger partial charge in [-0.15, -0.1) is 0 Å². The Balaban J connectivity index is 3.14. The molecule has 0 aliphatic carbocycles. The molecule has 136 valence electrons. The first-order valence-electron chi connectivity index (χ1n) is 6.40. The summed E-state index contributed by atoms with van der Waals surface area (Å²) < 4.78 is 92.1. The van der Waals surface area contributed by atoms with Crippen LogP contribution in [0, 0.1) is 0 Å². The van der Waals surface area contributed by atoms with Gasteiger partial charge in [0.1, 0.15) is 5.75 Å². The predicted molar refractivity (Wildman–Crippen MR) is 79.7 cm³/mol. The maximum Gasteiger partial charge on any atom is 0.437 e. The molecule has 1 aromatic rings. The Hall–Kier alpha value is -1.82. The third-order valence-electron chi connectivity index (χ3n) is 2.34. The van der Waals surface area contributed by atoms with Gasteiger partial charge < -0.3 is 4.18 Å². The van der Waals surface area contributed by atoms with Crippen molar-refractivity contribution in [2.75, 3.05) is 12.0 Å². The average molecular weight is 389 g/mol. The molecule has 0 aromatic heterocycles. The Labute approximate surface area is 137 Å². The van der Waals surface area contributed by atoms with E-state index in [1.807, 2.05) is 0 Å². The summed E-state index contributed by atoms with van der Waals surface area (Å²) in [7, 11) is -8.05. The van der Waals surface area contributed by atoms with E-state index in [2.05, 4.69) is 13.6 Å². The highest BCUT2D eigenvalue weighted by molar-refractivity contribution is 7.86. The molecule has 12 heteroatoms. The summed E-state index contributed by atoms with van der Waals surface area (Å²) in [5.41, 5.74) is -2.09. The molecule has 0 bridgehead atoms. The summed E-state index contributed by atoms with van der Waals surface area (Å²) in [5, 5.41) is 2.70. The second-order valence-electron chi connectivity index (χ2n) is 4.59. The third kappa shape index (κ3) is 6.74. The third-order valence-corrected chi connectivity index (χ3v) is 4.05. The lowest BCUT2D eigenvalue weighted by molar-refractivity contribution is -0.0597. The second-order valence-corrected chi connectivity index (χ2v) is 7.83. The molecule has 0 aliphatic rings. The first-order valence-corrected chi connectivity index (χ1v) is 9.80. The number of nitrogens with zero attached hydrogens (tertiary/aromatic N) is 1. The molecule has 0 fully saturated rings. The van der Waals surface area contributed by atoms with Crippen LogP contribution in [0.25, 0.3) is 0 Å². The molecule has 0 atom stereocenters. The number of hydrogen-bond donors (Lipinski definition) is 0. The van der Waals surface area contributed by atoms with Crippen molar-refractivity contribution in [1.82, 2.24) is 0 Å². The fraction of sp³-hybridized carbons (Fsp3) is 0.417. The SMILES string of the molecule is CCCS(=O)(=O)O/N=C(/c1ccc(OS(C)(=O)=O)cc1)C(F)(F)F. The molecule has 0 radical (unpaired) electrons. The van der Waals surface area contributed by atoms with Gasteiger partial charge in [0.15, 0.2) is 5.71 Å². The van der Waals surface area contributed by atoms with Crippen LogP contribution in [0.1, 0.15) is 18.9 Å². The zero-order valence-corrected chi connectivity index (χ0v) is 14.2. The standard InChI is InChI=1S/C12H14F3NO6S2/c1-3-8-24(19,20)22-16-11(12(13,14)15)9-4-6-10(7-5-9)21-23(2,17)18/h4-7H,3,8H2,1-2H3/b16-11-. The second kappa shape index (κ2) is 7.38. The van der Waals surface area contributed by atoms with Crippen molar-refractivity contribution in [3.05, 3.63) is 29.8 Å². The smallest absolute Gasteiger partial charge is 0.383 e. The zero-order chi connectivity index (χ0) is 18.6. The molecule has 0 unspecified atom stereocenters. The minimum Gasteiger partial charge on any atom is -0.383 e. The Kier molecular flexibility index (Phi) is 6.22. The fourth-order valence-electron chi connectivity index (χ4n) is 1.49. The molecule has 0 saturated heterocycles. The van der Waals surface area contributed by atoms with E-state index < -0.39 is 43.4 Å². The highest BCUT2D eigenvalue weighted by Crippen LogP contribution is 2.25. The minimum absolute atomic E-state index is 0.150. The lowest BCUT2D eigenvalue weighted by Gasteiger charge is -2.11. The molecule has 1 aromatic carbocycles. The van der Waals surface area contributed by atoms with Crippen molar-refractivity contribution in [2.24, 2.45) is 5.16 Å². The molecule has 0 amide bonds. The summed E-state index contributed by atoms with van der Waals surface area (Å²) in [6.07, 6.45) is -4.06. The van der Waals surface area contributed by atoms with Gasteiger partial charge in [-0.1, -0.05) is 12.1 Å². The topological polar surface area (TPSA) is 99.1 Å². The van der Waals surface area contributed by atoms with Gasteiger partial charge in [-0.05, 0) is 30.7 Å². The molecular formula is C12H14F3NO6S2. The number of halogens is 3. The average Bonchev–Trinajstić information content (AvgIpc) is 2.37. The first-order chi connectivity index (χ1) is 10.8. The van der Waals surface area contributed by atoms with Gasteiger partial charge in [0.05, 0.1) is 12.0 Å². The molecule has 1 rings (SSSR count). The van der Waals surface area contributed by atoms with E-state index in [4.69, 9.17) is 0 Å². The van der Waals surface area contributed by atoms with Crippen LogP contribution in [0.2, 0.25) is 0 Å². The van der Waals surface area contributed by atoms with Gasteiger partial charge in [-0.3, -0.25) is 4.28 Å². The van der Waals surface area contributed by atoms with Crippen molar-refractivity contribution in [3.63, 3.8) is 0 Å². The number of rotatable bonds is 7. The van der Waals surface area contributed by atoms with E-state index in [-0.39, 0.29) is 12.2 Å². The van der Waals surface area contributed by atoms with Gasteiger partial charge in [0.25, 0.3) is 0 Å². The van der Waals surface area contributed by atoms with E-state index in [1.165, 1.54) is 6.92 Å². The van der Waals surface area contributed by atoms with Crippen LogP contribution in [-0.2, 0) is 24.5 Å². The summed E-state index contributed by atoms with van der Waals surface area (Å²) in [4.78, 5) is 0. The van der Waals surface area contributed by atoms with E-state index >= 15 is 0 Å². The molecule has 7 nitrogen and oxygen atoms in total. The largest absolute Gasteiger partial charge is 0.437 e. The van der Waals surface area contributed by atoms with Crippen LogP contribution in [0.3, 0.4) is 0 Å². The molecule has 0 heterocycles. The van der Waals surface area contributed by atoms with Gasteiger partial charge >= 0.3 is 26.4 Å². The molecule has 0 saturated carbocycles. The highest BCUT2D eigenvalue weighted by atomic mass is 32.2. The lowest BCUT2D eigenvalue weighted by Crippen LogP contribution is -2.25. The summed E-state index contributed by atoms with van der Waals surface area (Å²) in [6.45, 7) is 1.51. The van der Waals surface area contributed by atoms with Crippen LogP contribution in [0.5, 0.6) is 5.75 Å². The normalized spacial score (nSPS) is 13.6. The molecular weight excluding hydrogens is 375 g/mol. The molecule has 0 aliphatic heterocycles. The van der Waals surface area contributed by atoms with Crippen LogP contribution in [0.4, 0.5) is 13.2 Å². The van der Waals surface area contributed by atoms with Crippen molar-refractivity contribution < 1.29 is 38.5 Å². The van der Waals surface area contributed by atoms with Gasteiger partial charge in [-0.25, -0.2) is 0 Å². The van der Waals surface area contributed by atoms with E-state index in [1.54, 1.807) is 0 Å². The van der Waals surface area contributed by atoms with Gasteiger partial charge in [0, 0.05) is 5.56 Å². The maximum atomic E-state index is 13.0. The highest BCUT2D eigenvalue weighted by Gasteiger charge is 2.38. The monoisotopic (exact) mass is 389 g/mol. The number of alkyl halides is 3. The predicted octanol–water partition coefficient (Wildman–Crippen LogP) is 2.05. The van der Waals surface area contributed by atoms with Crippen molar-refractivity contribution >= 4 is 25.9 Å². The van der Waals surface area contributed by atoms with Crippen LogP contribution in [-0.4, -0.2) is 40.7 Å². The summed E-state index contributed by atoms with van der Waals surface area (Å²) in [6, 6.07) is 3.70. The maximum absolute atomic E-state index is 13.0. The number of oxime groups is 1. The van der Waals surface area contributed by atoms with Gasteiger partial charge in [0.2, 0.25) is 0 Å². The zero-order valence-electron chi connectivity index (χ0n) is 12.6. The fourth-order valence-corrected chi connectivity index (χ4v) is 2.72. The Morgan fingerprint density at radius 1 is 1.12 bits per heavy atom. The Morgan fingerprint density at radius 2 is 1.67 bits per heavy atom. The molecule has 0 spiro atoms. The van der Waals surface area contributed by atoms with E-state index in [0.29, 0.717) is 0 Å². The number of benzene rings is 1. The van der Waals surface area contributed by atoms with E-state index in [0.717, 1.165) is 30.5 Å². The molecule has 24 heavy (non-hydrogen) atoms. The summed E-state index contributed by atoms with van der Waals surface area (Å²) >= 11 is 0. The molecule has 0 N–H and O–H groups in total. The number of hydrogen-bond acceptors (Lipinski definition) is 7.